The van der Waals surface area contributed by atoms with E-state index < -0.39 is 0 Å². The van der Waals surface area contributed by atoms with Crippen molar-refractivity contribution in [3.63, 3.8) is 0 Å². The highest BCUT2D eigenvalue weighted by atomic mass is 32.2. The van der Waals surface area contributed by atoms with Crippen molar-refractivity contribution < 1.29 is 9.59 Å². The SMILES string of the molecule is CCN1C(=O)N(CC)C2=CSc3ccccc3N2C1=O. The highest BCUT2D eigenvalue weighted by Gasteiger charge is 2.42. The summed E-state index contributed by atoms with van der Waals surface area (Å²) in [4.78, 5) is 30.4. The summed E-state index contributed by atoms with van der Waals surface area (Å²) >= 11 is 1.54. The first-order chi connectivity index (χ1) is 9.69. The van der Waals surface area contributed by atoms with Crippen LogP contribution in [0.1, 0.15) is 13.8 Å². The van der Waals surface area contributed by atoms with Gasteiger partial charge < -0.3 is 0 Å². The van der Waals surface area contributed by atoms with Crippen LogP contribution in [0, 0.1) is 0 Å². The highest BCUT2D eigenvalue weighted by Crippen LogP contribution is 2.41. The molecule has 0 N–H and O–H groups in total. The first kappa shape index (κ1) is 13.1. The Morgan fingerprint density at radius 2 is 1.70 bits per heavy atom. The molecule has 5 nitrogen and oxygen atoms in total. The Hall–Kier alpha value is -1.95. The van der Waals surface area contributed by atoms with Crippen LogP contribution in [0.5, 0.6) is 0 Å². The Morgan fingerprint density at radius 1 is 1.00 bits per heavy atom. The van der Waals surface area contributed by atoms with Crippen molar-refractivity contribution >= 4 is 29.5 Å². The van der Waals surface area contributed by atoms with E-state index in [4.69, 9.17) is 0 Å². The molecule has 104 valence electrons. The zero-order valence-electron chi connectivity index (χ0n) is 11.4. The fourth-order valence-electron chi connectivity index (χ4n) is 2.43. The number of carbonyl (C=O) groups is 2. The molecule has 2 heterocycles. The first-order valence-electron chi connectivity index (χ1n) is 6.58. The van der Waals surface area contributed by atoms with Gasteiger partial charge in [-0.3, -0.25) is 4.90 Å². The van der Waals surface area contributed by atoms with E-state index in [-0.39, 0.29) is 12.1 Å². The van der Waals surface area contributed by atoms with Gasteiger partial charge in [0.1, 0.15) is 5.82 Å². The van der Waals surface area contributed by atoms with E-state index in [9.17, 15) is 9.59 Å². The summed E-state index contributed by atoms with van der Waals surface area (Å²) in [6.07, 6.45) is 0. The molecule has 2 aliphatic rings. The van der Waals surface area contributed by atoms with Gasteiger partial charge in [0.05, 0.1) is 5.69 Å². The zero-order valence-corrected chi connectivity index (χ0v) is 12.2. The van der Waals surface area contributed by atoms with E-state index in [2.05, 4.69) is 0 Å². The minimum Gasteiger partial charge on any atom is -0.279 e. The fraction of sp³-hybridized carbons (Fsp3) is 0.286. The number of carbonyl (C=O) groups excluding carboxylic acids is 2. The summed E-state index contributed by atoms with van der Waals surface area (Å²) in [6.45, 7) is 4.62. The molecule has 6 heteroatoms. The van der Waals surface area contributed by atoms with Gasteiger partial charge in [-0.05, 0) is 26.0 Å². The molecular formula is C14H15N3O2S. The number of urea groups is 2. The second kappa shape index (κ2) is 4.86. The second-order valence-corrected chi connectivity index (χ2v) is 5.36. The maximum absolute atomic E-state index is 12.6. The second-order valence-electron chi connectivity index (χ2n) is 4.45. The molecule has 0 aromatic heterocycles. The van der Waals surface area contributed by atoms with Crippen molar-refractivity contribution in [1.82, 2.24) is 9.80 Å². The average molecular weight is 289 g/mol. The molecule has 0 saturated carbocycles. The fourth-order valence-corrected chi connectivity index (χ4v) is 3.34. The van der Waals surface area contributed by atoms with Gasteiger partial charge in [0.2, 0.25) is 0 Å². The molecule has 2 aliphatic heterocycles. The molecule has 0 bridgehead atoms. The lowest BCUT2D eigenvalue weighted by Gasteiger charge is -2.43. The minimum absolute atomic E-state index is 0.248. The van der Waals surface area contributed by atoms with Gasteiger partial charge in [0.15, 0.2) is 0 Å². The number of anilines is 1. The van der Waals surface area contributed by atoms with Crippen LogP contribution in [-0.4, -0.2) is 35.0 Å². The first-order valence-corrected chi connectivity index (χ1v) is 7.46. The molecular weight excluding hydrogens is 274 g/mol. The molecule has 1 saturated heterocycles. The number of benzene rings is 1. The Labute approximate surface area is 121 Å². The van der Waals surface area contributed by atoms with E-state index in [1.54, 1.807) is 9.80 Å². The predicted octanol–water partition coefficient (Wildman–Crippen LogP) is 3.30. The Balaban J connectivity index is 2.13. The van der Waals surface area contributed by atoms with Crippen LogP contribution < -0.4 is 4.90 Å². The maximum Gasteiger partial charge on any atom is 0.338 e. The molecule has 1 aromatic carbocycles. The topological polar surface area (TPSA) is 43.9 Å². The predicted molar refractivity (Wildman–Crippen MR) is 78.4 cm³/mol. The summed E-state index contributed by atoms with van der Waals surface area (Å²) in [6, 6.07) is 7.20. The van der Waals surface area contributed by atoms with E-state index in [1.807, 2.05) is 43.5 Å². The molecule has 0 unspecified atom stereocenters. The van der Waals surface area contributed by atoms with Crippen LogP contribution in [0.25, 0.3) is 0 Å². The molecule has 1 aromatic rings. The van der Waals surface area contributed by atoms with Gasteiger partial charge in [-0.25, -0.2) is 19.4 Å². The van der Waals surface area contributed by atoms with E-state index in [1.165, 1.54) is 16.7 Å². The Bertz CT molecular complexity index is 614. The molecule has 0 aliphatic carbocycles. The van der Waals surface area contributed by atoms with Crippen molar-refractivity contribution in [2.75, 3.05) is 18.0 Å². The third kappa shape index (κ3) is 1.71. The minimum atomic E-state index is -0.277. The number of hydrogen-bond donors (Lipinski definition) is 0. The molecule has 0 atom stereocenters. The number of hydrogen-bond acceptors (Lipinski definition) is 3. The number of thioether (sulfide) groups is 1. The van der Waals surface area contributed by atoms with Gasteiger partial charge in [0.25, 0.3) is 0 Å². The van der Waals surface area contributed by atoms with Crippen LogP contribution in [0.2, 0.25) is 0 Å². The number of fused-ring (bicyclic) bond motifs is 3. The summed E-state index contributed by atoms with van der Waals surface area (Å²) < 4.78 is 0. The van der Waals surface area contributed by atoms with Crippen molar-refractivity contribution in [3.05, 3.63) is 35.5 Å². The van der Waals surface area contributed by atoms with Crippen LogP contribution in [0.3, 0.4) is 0 Å². The van der Waals surface area contributed by atoms with E-state index in [0.29, 0.717) is 18.9 Å². The largest absolute Gasteiger partial charge is 0.338 e. The number of para-hydroxylation sites is 1. The number of nitrogens with zero attached hydrogens (tertiary/aromatic N) is 3. The zero-order chi connectivity index (χ0) is 14.3. The maximum atomic E-state index is 12.6. The van der Waals surface area contributed by atoms with Crippen molar-refractivity contribution in [2.24, 2.45) is 0 Å². The molecule has 0 radical (unpaired) electrons. The van der Waals surface area contributed by atoms with Gasteiger partial charge in [-0.2, -0.15) is 0 Å². The number of rotatable bonds is 2. The lowest BCUT2D eigenvalue weighted by molar-refractivity contribution is 0.158. The molecule has 3 rings (SSSR count). The van der Waals surface area contributed by atoms with Gasteiger partial charge >= 0.3 is 12.1 Å². The molecule has 20 heavy (non-hydrogen) atoms. The smallest absolute Gasteiger partial charge is 0.279 e. The molecule has 0 spiro atoms. The van der Waals surface area contributed by atoms with Crippen LogP contribution >= 0.6 is 11.8 Å². The summed E-state index contributed by atoms with van der Waals surface area (Å²) in [7, 11) is 0. The Kier molecular flexibility index (Phi) is 3.17. The van der Waals surface area contributed by atoms with Crippen LogP contribution in [-0.2, 0) is 0 Å². The van der Waals surface area contributed by atoms with Crippen molar-refractivity contribution in [1.29, 1.82) is 0 Å². The van der Waals surface area contributed by atoms with Crippen LogP contribution in [0.15, 0.2) is 40.4 Å². The average Bonchev–Trinajstić information content (AvgIpc) is 2.47. The summed E-state index contributed by atoms with van der Waals surface area (Å²) in [5, 5.41) is 1.87. The third-order valence-corrected chi connectivity index (χ3v) is 4.35. The van der Waals surface area contributed by atoms with Gasteiger partial charge in [-0.15, -0.1) is 0 Å². The lowest BCUT2D eigenvalue weighted by Crippen LogP contribution is -2.59. The standard InChI is InChI=1S/C14H15N3O2S/c1-3-15-12-9-20-11-8-6-5-7-10(11)17(12)14(19)16(4-2)13(15)18/h5-9H,3-4H2,1-2H3. The van der Waals surface area contributed by atoms with Crippen LogP contribution in [0.4, 0.5) is 15.3 Å². The van der Waals surface area contributed by atoms with Crippen molar-refractivity contribution in [3.8, 4) is 0 Å². The van der Waals surface area contributed by atoms with Crippen molar-refractivity contribution in [2.45, 2.75) is 18.7 Å². The van der Waals surface area contributed by atoms with E-state index in [0.717, 1.165) is 10.6 Å². The van der Waals surface area contributed by atoms with Gasteiger partial charge in [0, 0.05) is 23.4 Å². The molecule has 4 amide bonds. The lowest BCUT2D eigenvalue weighted by atomic mass is 10.2. The van der Waals surface area contributed by atoms with Gasteiger partial charge in [-0.1, -0.05) is 23.9 Å². The summed E-state index contributed by atoms with van der Waals surface area (Å²) in [5.74, 6) is 0.649. The quantitative estimate of drug-likeness (QED) is 0.839. The normalized spacial score (nSPS) is 17.9. The number of amides is 4. The Morgan fingerprint density at radius 3 is 2.40 bits per heavy atom. The monoisotopic (exact) mass is 289 g/mol. The number of imide groups is 1. The van der Waals surface area contributed by atoms with E-state index >= 15 is 0 Å². The third-order valence-electron chi connectivity index (χ3n) is 3.42. The molecule has 1 fully saturated rings. The highest BCUT2D eigenvalue weighted by molar-refractivity contribution is 8.02. The summed E-state index contributed by atoms with van der Waals surface area (Å²) in [5.41, 5.74) is 0.837.